The molecule has 0 bridgehead atoms. The van der Waals surface area contributed by atoms with Gasteiger partial charge in [0.1, 0.15) is 0 Å². The number of hydrogen-bond donors (Lipinski definition) is 2. The molecular formula is C9H11BrN2O3. The number of non-ortho nitro benzene ring substituents is 1. The average Bonchev–Trinajstić information content (AvgIpc) is 2.17. The van der Waals surface area contributed by atoms with Crippen LogP contribution in [-0.4, -0.2) is 16.6 Å². The van der Waals surface area contributed by atoms with Crippen LogP contribution in [0.2, 0.25) is 0 Å². The van der Waals surface area contributed by atoms with Crippen LogP contribution in [0.4, 0.5) is 5.69 Å². The molecule has 0 saturated heterocycles. The van der Waals surface area contributed by atoms with Crippen LogP contribution in [-0.2, 0) is 0 Å². The Morgan fingerprint density at radius 1 is 1.60 bits per heavy atom. The molecule has 0 amide bonds. The second-order valence-electron chi connectivity index (χ2n) is 3.06. The molecule has 0 aliphatic carbocycles. The summed E-state index contributed by atoms with van der Waals surface area (Å²) in [5, 5.41) is 20.1. The number of hydrogen-bond acceptors (Lipinski definition) is 4. The molecule has 1 atom stereocenters. The number of benzene rings is 1. The highest BCUT2D eigenvalue weighted by atomic mass is 79.9. The summed E-state index contributed by atoms with van der Waals surface area (Å²) >= 11 is 3.18. The Kier molecular flexibility index (Phi) is 4.19. The van der Waals surface area contributed by atoms with Gasteiger partial charge in [-0.25, -0.2) is 0 Å². The third-order valence-electron chi connectivity index (χ3n) is 1.99. The van der Waals surface area contributed by atoms with E-state index in [0.29, 0.717) is 23.0 Å². The van der Waals surface area contributed by atoms with Crippen LogP contribution in [0.1, 0.15) is 18.1 Å². The van der Waals surface area contributed by atoms with Crippen LogP contribution in [0.3, 0.4) is 0 Å². The Balaban J connectivity index is 2.97. The van der Waals surface area contributed by atoms with Crippen molar-refractivity contribution in [2.75, 3.05) is 6.54 Å². The van der Waals surface area contributed by atoms with E-state index < -0.39 is 11.0 Å². The van der Waals surface area contributed by atoms with Gasteiger partial charge in [-0.05, 0) is 24.6 Å². The molecular weight excluding hydrogens is 264 g/mol. The zero-order valence-corrected chi connectivity index (χ0v) is 9.48. The highest BCUT2D eigenvalue weighted by Crippen LogP contribution is 2.28. The zero-order valence-electron chi connectivity index (χ0n) is 7.89. The van der Waals surface area contributed by atoms with E-state index in [-0.39, 0.29) is 5.69 Å². The molecule has 0 aliphatic heterocycles. The molecule has 0 heterocycles. The number of nitro benzene ring substituents is 1. The molecule has 0 radical (unpaired) electrons. The lowest BCUT2D eigenvalue weighted by atomic mass is 10.1. The zero-order chi connectivity index (χ0) is 11.4. The number of nitrogens with zero attached hydrogens (tertiary/aromatic N) is 1. The number of rotatable bonds is 4. The quantitative estimate of drug-likeness (QED) is 0.647. The van der Waals surface area contributed by atoms with Gasteiger partial charge in [0.05, 0.1) is 11.0 Å². The first-order chi connectivity index (χ1) is 7.06. The summed E-state index contributed by atoms with van der Waals surface area (Å²) in [5.41, 5.74) is 5.92. The van der Waals surface area contributed by atoms with Crippen LogP contribution in [0.25, 0.3) is 0 Å². The Morgan fingerprint density at radius 3 is 2.73 bits per heavy atom. The number of aliphatic hydroxyl groups excluding tert-OH is 1. The molecule has 0 unspecified atom stereocenters. The van der Waals surface area contributed by atoms with Crippen molar-refractivity contribution in [2.45, 2.75) is 12.5 Å². The minimum Gasteiger partial charge on any atom is -0.388 e. The fourth-order valence-electron chi connectivity index (χ4n) is 1.21. The van der Waals surface area contributed by atoms with Gasteiger partial charge in [0, 0.05) is 16.6 Å². The number of nitrogens with two attached hydrogens (primary N) is 1. The summed E-state index contributed by atoms with van der Waals surface area (Å²) in [6.45, 7) is 0.366. The average molecular weight is 275 g/mol. The van der Waals surface area contributed by atoms with Crippen molar-refractivity contribution in [1.82, 2.24) is 0 Å². The summed E-state index contributed by atoms with van der Waals surface area (Å²) in [6.07, 6.45) is -0.263. The van der Waals surface area contributed by atoms with Gasteiger partial charge in [-0.15, -0.1) is 0 Å². The maximum absolute atomic E-state index is 10.5. The second kappa shape index (κ2) is 5.20. The first-order valence-corrected chi connectivity index (χ1v) is 5.17. The molecule has 1 rings (SSSR count). The lowest BCUT2D eigenvalue weighted by Crippen LogP contribution is -2.07. The number of nitro groups is 1. The molecule has 0 aliphatic rings. The number of aliphatic hydroxyl groups is 1. The van der Waals surface area contributed by atoms with Gasteiger partial charge in [0.15, 0.2) is 0 Å². The van der Waals surface area contributed by atoms with Crippen molar-refractivity contribution in [2.24, 2.45) is 5.73 Å². The standard InChI is InChI=1S/C9H11BrN2O3/c10-8-5-6(12(14)15)1-2-7(8)9(13)3-4-11/h1-2,5,9,13H,3-4,11H2/t9-/m1/s1. The van der Waals surface area contributed by atoms with Crippen molar-refractivity contribution in [3.8, 4) is 0 Å². The smallest absolute Gasteiger partial charge is 0.270 e. The maximum atomic E-state index is 10.5. The SMILES string of the molecule is NCC[C@@H](O)c1ccc([N+](=O)[O-])cc1Br. The largest absolute Gasteiger partial charge is 0.388 e. The molecule has 0 spiro atoms. The third kappa shape index (κ3) is 2.98. The van der Waals surface area contributed by atoms with Crippen LogP contribution in [0.15, 0.2) is 22.7 Å². The molecule has 15 heavy (non-hydrogen) atoms. The Labute approximate surface area is 95.2 Å². The highest BCUT2D eigenvalue weighted by Gasteiger charge is 2.14. The van der Waals surface area contributed by atoms with E-state index in [4.69, 9.17) is 5.73 Å². The van der Waals surface area contributed by atoms with Gasteiger partial charge < -0.3 is 10.8 Å². The van der Waals surface area contributed by atoms with E-state index in [9.17, 15) is 15.2 Å². The maximum Gasteiger partial charge on any atom is 0.270 e. The normalized spacial score (nSPS) is 12.5. The number of halogens is 1. The molecule has 1 aromatic carbocycles. The molecule has 0 aromatic heterocycles. The van der Waals surface area contributed by atoms with Gasteiger partial charge in [-0.2, -0.15) is 0 Å². The van der Waals surface area contributed by atoms with Crippen LogP contribution in [0.5, 0.6) is 0 Å². The van der Waals surface area contributed by atoms with Gasteiger partial charge in [-0.3, -0.25) is 10.1 Å². The molecule has 0 saturated carbocycles. The molecule has 82 valence electrons. The molecule has 6 heteroatoms. The van der Waals surface area contributed by atoms with Crippen LogP contribution >= 0.6 is 15.9 Å². The van der Waals surface area contributed by atoms with Gasteiger partial charge in [0.25, 0.3) is 5.69 Å². The van der Waals surface area contributed by atoms with Gasteiger partial charge in [0.2, 0.25) is 0 Å². The first kappa shape index (κ1) is 12.1. The summed E-state index contributed by atoms with van der Waals surface area (Å²) in [7, 11) is 0. The molecule has 0 fully saturated rings. The summed E-state index contributed by atoms with van der Waals surface area (Å²) in [6, 6.07) is 4.26. The van der Waals surface area contributed by atoms with E-state index in [1.807, 2.05) is 0 Å². The lowest BCUT2D eigenvalue weighted by Gasteiger charge is -2.11. The van der Waals surface area contributed by atoms with E-state index in [1.165, 1.54) is 18.2 Å². The second-order valence-corrected chi connectivity index (χ2v) is 3.91. The van der Waals surface area contributed by atoms with Gasteiger partial charge >= 0.3 is 0 Å². The predicted octanol–water partition coefficient (Wildman–Crippen LogP) is 1.74. The third-order valence-corrected chi connectivity index (χ3v) is 2.68. The van der Waals surface area contributed by atoms with Crippen molar-refractivity contribution in [1.29, 1.82) is 0 Å². The first-order valence-electron chi connectivity index (χ1n) is 4.38. The summed E-state index contributed by atoms with van der Waals surface area (Å²) in [4.78, 5) is 9.98. The topological polar surface area (TPSA) is 89.4 Å². The Bertz CT molecular complexity index is 370. The fraction of sp³-hybridized carbons (Fsp3) is 0.333. The van der Waals surface area contributed by atoms with Crippen molar-refractivity contribution < 1.29 is 10.0 Å². The molecule has 1 aromatic rings. The summed E-state index contributed by atoms with van der Waals surface area (Å²) < 4.78 is 0.526. The summed E-state index contributed by atoms with van der Waals surface area (Å²) in [5.74, 6) is 0. The Morgan fingerprint density at radius 2 is 2.27 bits per heavy atom. The van der Waals surface area contributed by atoms with Crippen molar-refractivity contribution >= 4 is 21.6 Å². The van der Waals surface area contributed by atoms with Crippen molar-refractivity contribution in [3.63, 3.8) is 0 Å². The van der Waals surface area contributed by atoms with Crippen LogP contribution in [0, 0.1) is 10.1 Å². The predicted molar refractivity (Wildman–Crippen MR) is 59.4 cm³/mol. The van der Waals surface area contributed by atoms with E-state index in [2.05, 4.69) is 15.9 Å². The lowest BCUT2D eigenvalue weighted by molar-refractivity contribution is -0.385. The molecule has 3 N–H and O–H groups in total. The van der Waals surface area contributed by atoms with Crippen LogP contribution < -0.4 is 5.73 Å². The van der Waals surface area contributed by atoms with E-state index in [1.54, 1.807) is 0 Å². The Hall–Kier alpha value is -0.980. The van der Waals surface area contributed by atoms with Crippen molar-refractivity contribution in [3.05, 3.63) is 38.3 Å². The minimum atomic E-state index is -0.690. The van der Waals surface area contributed by atoms with E-state index >= 15 is 0 Å². The highest BCUT2D eigenvalue weighted by molar-refractivity contribution is 9.10. The fourth-order valence-corrected chi connectivity index (χ4v) is 1.84. The minimum absolute atomic E-state index is 0.00873. The molecule has 5 nitrogen and oxygen atoms in total. The van der Waals surface area contributed by atoms with Gasteiger partial charge in [-0.1, -0.05) is 15.9 Å². The monoisotopic (exact) mass is 274 g/mol. The van der Waals surface area contributed by atoms with E-state index in [0.717, 1.165) is 0 Å².